The van der Waals surface area contributed by atoms with Crippen LogP contribution in [0.3, 0.4) is 0 Å². The summed E-state index contributed by atoms with van der Waals surface area (Å²) in [5.74, 6) is -14.6. The molecule has 1 aliphatic rings. The van der Waals surface area contributed by atoms with Gasteiger partial charge in [0.2, 0.25) is 6.10 Å². The minimum absolute atomic E-state index is 0. The molecule has 0 aliphatic heterocycles. The number of ether oxygens (including phenoxy) is 2. The van der Waals surface area contributed by atoms with Crippen molar-refractivity contribution in [3.63, 3.8) is 0 Å². The molecule has 0 radical (unpaired) electrons. The maximum Gasteiger partial charge on any atom is 1.00 e. The first kappa shape index (κ1) is 40.3. The molecule has 0 aromatic heterocycles. The Kier molecular flexibility index (Phi) is 12.5. The van der Waals surface area contributed by atoms with Crippen LogP contribution in [0.4, 0.5) is 0 Å². The molecule has 0 amide bonds. The van der Waals surface area contributed by atoms with E-state index in [9.17, 15) is 70.2 Å². The van der Waals surface area contributed by atoms with E-state index in [1.54, 1.807) is 0 Å². The number of hydrogen-bond donors (Lipinski definition) is 9. The molecule has 0 heterocycles. The average molecular weight is 757 g/mol. The molecule has 0 bridgehead atoms. The first-order chi connectivity index (χ1) is 24.5. The minimum atomic E-state index is -2.06. The number of benzene rings is 4. The van der Waals surface area contributed by atoms with Crippen LogP contribution < -0.4 is 56.5 Å². The van der Waals surface area contributed by atoms with E-state index in [0.29, 0.717) is 0 Å². The first-order valence-electron chi connectivity index (χ1n) is 15.2. The number of carbonyl (C=O) groups excluding carboxylic acids is 3. The van der Waals surface area contributed by atoms with Crippen LogP contribution in [-0.4, -0.2) is 82.0 Å². The third-order valence-electron chi connectivity index (χ3n) is 8.31. The maximum absolute atomic E-state index is 14.2. The van der Waals surface area contributed by atoms with Crippen LogP contribution in [0.15, 0.2) is 72.3 Å². The minimum Gasteiger partial charge on any atom is -0.546 e. The Morgan fingerprint density at radius 1 is 0.623 bits per heavy atom. The number of hydrogen-bond acceptors (Lipinski definition) is 15. The number of aromatic hydroxyl groups is 8. The number of carboxylic acids is 2. The molecule has 4 aromatic carbocycles. The number of aliphatic carboxylic acids is 2. The van der Waals surface area contributed by atoms with Crippen molar-refractivity contribution in [2.45, 2.75) is 31.0 Å². The molecule has 5 rings (SSSR count). The van der Waals surface area contributed by atoms with E-state index in [1.807, 2.05) is 0 Å². The van der Waals surface area contributed by atoms with Crippen molar-refractivity contribution in [1.29, 1.82) is 0 Å². The predicted octanol–water partition coefficient (Wildman–Crippen LogP) is -1.38. The molecule has 0 spiro atoms. The van der Waals surface area contributed by atoms with E-state index < -0.39 is 112 Å². The summed E-state index contributed by atoms with van der Waals surface area (Å²) in [6, 6.07) is 12.0. The van der Waals surface area contributed by atoms with E-state index in [1.165, 1.54) is 18.2 Å². The second kappa shape index (κ2) is 16.5. The number of carbonyl (C=O) groups is 4. The molecule has 17 heteroatoms. The average Bonchev–Trinajstić information content (AvgIpc) is 3.08. The number of rotatable bonds is 11. The molecule has 0 fully saturated rings. The predicted molar refractivity (Wildman–Crippen MR) is 172 cm³/mol. The van der Waals surface area contributed by atoms with E-state index in [4.69, 9.17) is 9.47 Å². The van der Waals surface area contributed by atoms with Gasteiger partial charge in [0.05, 0.1) is 17.5 Å². The monoisotopic (exact) mass is 756 g/mol. The van der Waals surface area contributed by atoms with Crippen LogP contribution in [0.25, 0.3) is 6.08 Å². The van der Waals surface area contributed by atoms with E-state index in [-0.39, 0.29) is 79.2 Å². The summed E-state index contributed by atoms with van der Waals surface area (Å²) in [5, 5.41) is 102. The molecular weight excluding hydrogens is 727 g/mol. The Hall–Kier alpha value is -5.46. The first-order valence-corrected chi connectivity index (χ1v) is 15.2. The molecule has 4 atom stereocenters. The molecule has 270 valence electrons. The SMILES string of the molecule is O=C(O[C@H](Cc1ccc(O)c(O)c1)C(=O)[O-])C1=Cc2cc(O)c(O)cc2[C@H](c2ccc(O)c(O)c2)[C@H]1C(=O)O[C@H](Cc1ccc(O)c(O)c1)C(=O)O.[K+]. The van der Waals surface area contributed by atoms with Gasteiger partial charge in [0.15, 0.2) is 46.0 Å². The van der Waals surface area contributed by atoms with Gasteiger partial charge in [0, 0.05) is 18.8 Å². The van der Waals surface area contributed by atoms with Crippen LogP contribution in [0.5, 0.6) is 46.0 Å². The van der Waals surface area contributed by atoms with E-state index >= 15 is 0 Å². The fourth-order valence-electron chi connectivity index (χ4n) is 5.76. The van der Waals surface area contributed by atoms with Crippen LogP contribution in [0.2, 0.25) is 0 Å². The summed E-state index contributed by atoms with van der Waals surface area (Å²) in [6.45, 7) is 0. The zero-order chi connectivity index (χ0) is 38.0. The summed E-state index contributed by atoms with van der Waals surface area (Å²) >= 11 is 0. The third kappa shape index (κ3) is 8.95. The van der Waals surface area contributed by atoms with Crippen LogP contribution >= 0.6 is 0 Å². The van der Waals surface area contributed by atoms with Crippen molar-refractivity contribution >= 4 is 30.0 Å². The summed E-state index contributed by atoms with van der Waals surface area (Å²) in [7, 11) is 0. The van der Waals surface area contributed by atoms with Crippen LogP contribution in [-0.2, 0) is 41.5 Å². The summed E-state index contributed by atoms with van der Waals surface area (Å²) < 4.78 is 10.7. The Labute approximate surface area is 341 Å². The van der Waals surface area contributed by atoms with Crippen molar-refractivity contribution in [2.75, 3.05) is 0 Å². The molecule has 0 saturated heterocycles. The molecule has 0 saturated carbocycles. The molecular formula is C36H29KO16. The van der Waals surface area contributed by atoms with Gasteiger partial charge < -0.3 is 65.3 Å². The van der Waals surface area contributed by atoms with Crippen molar-refractivity contribution in [3.8, 4) is 46.0 Å². The van der Waals surface area contributed by atoms with Gasteiger partial charge >= 0.3 is 69.3 Å². The van der Waals surface area contributed by atoms with Gasteiger partial charge in [-0.2, -0.15) is 0 Å². The van der Waals surface area contributed by atoms with Gasteiger partial charge in [-0.1, -0.05) is 18.2 Å². The molecule has 53 heavy (non-hydrogen) atoms. The van der Waals surface area contributed by atoms with Crippen molar-refractivity contribution in [1.82, 2.24) is 0 Å². The number of fused-ring (bicyclic) bond motifs is 1. The molecule has 16 nitrogen and oxygen atoms in total. The van der Waals surface area contributed by atoms with Gasteiger partial charge in [-0.3, -0.25) is 4.79 Å². The smallest absolute Gasteiger partial charge is 0.546 e. The van der Waals surface area contributed by atoms with Gasteiger partial charge in [-0.25, -0.2) is 9.59 Å². The van der Waals surface area contributed by atoms with E-state index in [2.05, 4.69) is 0 Å². The standard InChI is InChI=1S/C36H30O16.K/c37-21-4-1-15(7-24(21)40)9-29(33(45)46)51-35(49)20-11-18-13-27(43)28(44)14-19(18)31(17-3-6-23(39)26(42)12-17)32(20)36(50)52-30(34(47)48)10-16-2-5-22(38)25(41)8-16;/h1-8,11-14,29-32,37-44H,9-10H2,(H,45,46)(H,47,48);/q;+1/p-1/t29-,30-,31+,32+;/m1./s1. The quantitative estimate of drug-likeness (QED) is 0.0484. The number of phenolic OH excluding ortho intramolecular Hbond substituents is 8. The second-order valence-corrected chi connectivity index (χ2v) is 11.8. The fraction of sp³-hybridized carbons (Fsp3) is 0.167. The Morgan fingerprint density at radius 2 is 1.11 bits per heavy atom. The zero-order valence-electron chi connectivity index (χ0n) is 27.5. The summed E-state index contributed by atoms with van der Waals surface area (Å²) in [4.78, 5) is 52.6. The van der Waals surface area contributed by atoms with Gasteiger partial charge in [-0.05, 0) is 82.4 Å². The third-order valence-corrected chi connectivity index (χ3v) is 8.31. The largest absolute Gasteiger partial charge is 1.00 e. The molecule has 9 N–H and O–H groups in total. The molecule has 0 unspecified atom stereocenters. The van der Waals surface area contributed by atoms with E-state index in [0.717, 1.165) is 54.6 Å². The van der Waals surface area contributed by atoms with Crippen molar-refractivity contribution in [2.24, 2.45) is 5.92 Å². The van der Waals surface area contributed by atoms with Gasteiger partial charge in [0.25, 0.3) is 0 Å². The topological polar surface area (TPSA) is 292 Å². The van der Waals surface area contributed by atoms with Crippen molar-refractivity contribution in [3.05, 3.63) is 100 Å². The summed E-state index contributed by atoms with van der Waals surface area (Å²) in [6.07, 6.45) is -4.16. The fourth-order valence-corrected chi connectivity index (χ4v) is 5.76. The summed E-state index contributed by atoms with van der Waals surface area (Å²) in [5.41, 5.74) is -0.424. The zero-order valence-corrected chi connectivity index (χ0v) is 30.7. The molecule has 4 aromatic rings. The van der Waals surface area contributed by atoms with Crippen LogP contribution in [0.1, 0.15) is 33.7 Å². The Bertz CT molecular complexity index is 2130. The van der Waals surface area contributed by atoms with Crippen LogP contribution in [0, 0.1) is 5.92 Å². The maximum atomic E-state index is 14.2. The van der Waals surface area contributed by atoms with Gasteiger partial charge in [-0.15, -0.1) is 0 Å². The van der Waals surface area contributed by atoms with Gasteiger partial charge in [0.1, 0.15) is 6.10 Å². The molecule has 1 aliphatic carbocycles. The Morgan fingerprint density at radius 3 is 1.62 bits per heavy atom. The Balaban J connectivity index is 0.00000627. The second-order valence-electron chi connectivity index (χ2n) is 11.8. The number of esters is 2. The number of phenols is 8. The normalized spacial score (nSPS) is 15.8. The van der Waals surface area contributed by atoms with Crippen molar-refractivity contribution < 1.29 is 131 Å². The number of carboxylic acid groups (broad SMARTS) is 2.